The van der Waals surface area contributed by atoms with Crippen LogP contribution in [0.2, 0.25) is 0 Å². The lowest BCUT2D eigenvalue weighted by atomic mass is 9.57. The van der Waals surface area contributed by atoms with Crippen molar-refractivity contribution in [3.05, 3.63) is 59.4 Å². The summed E-state index contributed by atoms with van der Waals surface area (Å²) in [4.78, 5) is 19.5. The van der Waals surface area contributed by atoms with Gasteiger partial charge in [0.25, 0.3) is 5.91 Å². The second-order valence-electron chi connectivity index (χ2n) is 12.6. The van der Waals surface area contributed by atoms with E-state index in [-0.39, 0.29) is 11.9 Å². The molecule has 2 saturated carbocycles. The zero-order chi connectivity index (χ0) is 29.3. The van der Waals surface area contributed by atoms with Gasteiger partial charge < -0.3 is 26.6 Å². The van der Waals surface area contributed by atoms with Crippen molar-refractivity contribution in [3.8, 4) is 6.07 Å². The summed E-state index contributed by atoms with van der Waals surface area (Å²) in [5, 5.41) is 19.4. The van der Waals surface area contributed by atoms with Gasteiger partial charge in [-0.2, -0.15) is 5.26 Å². The molecule has 41 heavy (non-hydrogen) atoms. The number of likely N-dealkylation sites (tertiary alicyclic amines) is 1. The summed E-state index contributed by atoms with van der Waals surface area (Å²) >= 11 is 0. The molecule has 7 atom stereocenters. The van der Waals surface area contributed by atoms with Crippen molar-refractivity contribution < 1.29 is 4.79 Å². The average molecular weight is 558 g/mol. The maximum Gasteiger partial charge on any atom is 0.251 e. The standard InChI is InChI=1S/C33H47N7O/c1-20(40-27(18-34)16-26-17-30(26)40)19-39-13-12-33(32(35)38-5)28-10-8-22(21(2)36-3)14-23(28)6-7-24-15-25(31(41)37-4)9-11-29(24)33/h9,11,15,22-23,26-28,30,36,39H,1-2,6-8,10,12-14,16-17,19H2,3-5H3,(H2,35,38)(H,37,41)/t22?,23?,26-,27?,28?,30+,33-/m1/s1. The summed E-state index contributed by atoms with van der Waals surface area (Å²) in [7, 11) is 5.45. The Hall–Kier alpha value is -3.31. The van der Waals surface area contributed by atoms with Crippen molar-refractivity contribution in [2.75, 3.05) is 34.2 Å². The van der Waals surface area contributed by atoms with E-state index in [9.17, 15) is 10.1 Å². The molecule has 1 aliphatic heterocycles. The number of aryl methyl sites for hydroxylation is 1. The number of benzene rings is 1. The highest BCUT2D eigenvalue weighted by Crippen LogP contribution is 2.53. The van der Waals surface area contributed by atoms with Crippen molar-refractivity contribution in [1.82, 2.24) is 20.9 Å². The number of nitriles is 1. The highest BCUT2D eigenvalue weighted by molar-refractivity contribution is 5.96. The van der Waals surface area contributed by atoms with Crippen LogP contribution in [0.5, 0.6) is 0 Å². The van der Waals surface area contributed by atoms with Crippen molar-refractivity contribution >= 4 is 11.7 Å². The predicted octanol–water partition coefficient (Wildman–Crippen LogP) is 3.46. The van der Waals surface area contributed by atoms with Gasteiger partial charge in [0.2, 0.25) is 0 Å². The highest BCUT2D eigenvalue weighted by atomic mass is 16.1. The normalized spacial score (nSPS) is 32.0. The van der Waals surface area contributed by atoms with Gasteiger partial charge in [-0.3, -0.25) is 9.79 Å². The van der Waals surface area contributed by atoms with Gasteiger partial charge in [0.05, 0.1) is 11.5 Å². The minimum Gasteiger partial charge on any atom is -0.392 e. The van der Waals surface area contributed by atoms with Crippen LogP contribution in [-0.2, 0) is 11.8 Å². The lowest BCUT2D eigenvalue weighted by Gasteiger charge is -2.48. The summed E-state index contributed by atoms with van der Waals surface area (Å²) in [6.07, 6.45) is 8.13. The van der Waals surface area contributed by atoms with Gasteiger partial charge in [0.15, 0.2) is 0 Å². The number of amidine groups is 1. The van der Waals surface area contributed by atoms with Gasteiger partial charge in [-0.05, 0) is 105 Å². The van der Waals surface area contributed by atoms with Crippen molar-refractivity contribution in [2.24, 2.45) is 34.4 Å². The number of nitrogens with zero attached hydrogens (tertiary/aromatic N) is 3. The number of carbonyl (C=O) groups is 1. The summed E-state index contributed by atoms with van der Waals surface area (Å²) in [6, 6.07) is 9.09. The molecule has 0 aromatic heterocycles. The van der Waals surface area contributed by atoms with Crippen LogP contribution in [0.25, 0.3) is 0 Å². The molecule has 5 N–H and O–H groups in total. The molecule has 8 nitrogen and oxygen atoms in total. The molecule has 1 heterocycles. The Morgan fingerprint density at radius 3 is 2.68 bits per heavy atom. The van der Waals surface area contributed by atoms with E-state index in [2.05, 4.69) is 57.2 Å². The topological polar surface area (TPSA) is 119 Å². The van der Waals surface area contributed by atoms with Gasteiger partial charge in [-0.1, -0.05) is 19.2 Å². The number of hydrogen-bond acceptors (Lipinski definition) is 6. The van der Waals surface area contributed by atoms with Gasteiger partial charge in [-0.25, -0.2) is 0 Å². The Labute approximate surface area is 245 Å². The number of aliphatic imine (C=N–C) groups is 1. The number of nitrogens with one attached hydrogen (secondary N) is 3. The first-order valence-electron chi connectivity index (χ1n) is 15.3. The van der Waals surface area contributed by atoms with E-state index in [1.165, 1.54) is 17.5 Å². The SMILES string of the molecule is C=C(NC)C1CCC2C(CCc3cc(C(=O)NC)ccc3[C@]2(CCNCC(=C)N2C(C#N)C[C@@H]3C[C@@H]32)C(N)=NC)C1. The monoisotopic (exact) mass is 557 g/mol. The molecule has 0 bridgehead atoms. The molecule has 220 valence electrons. The first-order chi connectivity index (χ1) is 19.8. The van der Waals surface area contributed by atoms with Crippen LogP contribution < -0.4 is 21.7 Å². The lowest BCUT2D eigenvalue weighted by molar-refractivity contribution is 0.0963. The molecule has 4 unspecified atom stereocenters. The van der Waals surface area contributed by atoms with Crippen LogP contribution in [0.1, 0.15) is 66.4 Å². The third-order valence-electron chi connectivity index (χ3n) is 10.6. The number of allylic oxidation sites excluding steroid dienone is 1. The number of piperidine rings is 1. The zero-order valence-electron chi connectivity index (χ0n) is 25.0. The Bertz CT molecular complexity index is 1260. The molecule has 1 saturated heterocycles. The van der Waals surface area contributed by atoms with Crippen molar-refractivity contribution in [1.29, 1.82) is 5.26 Å². The highest BCUT2D eigenvalue weighted by Gasteiger charge is 2.53. The van der Waals surface area contributed by atoms with E-state index < -0.39 is 5.41 Å². The summed E-state index contributed by atoms with van der Waals surface area (Å²) in [5.41, 5.74) is 11.8. The van der Waals surface area contributed by atoms with E-state index in [1.54, 1.807) is 14.1 Å². The maximum atomic E-state index is 12.6. The first kappa shape index (κ1) is 29.2. The molecule has 5 rings (SSSR count). The maximum absolute atomic E-state index is 12.6. The van der Waals surface area contributed by atoms with Crippen LogP contribution in [-0.4, -0.2) is 63.0 Å². The first-order valence-corrected chi connectivity index (χ1v) is 15.3. The van der Waals surface area contributed by atoms with Crippen molar-refractivity contribution in [3.63, 3.8) is 0 Å². The molecule has 0 spiro atoms. The molecule has 1 amide bonds. The molecule has 1 aromatic rings. The molecule has 4 aliphatic rings. The van der Waals surface area contributed by atoms with Gasteiger partial charge >= 0.3 is 0 Å². The van der Waals surface area contributed by atoms with Crippen LogP contribution in [0.4, 0.5) is 0 Å². The molecule has 3 fully saturated rings. The number of amides is 1. The third-order valence-corrected chi connectivity index (χ3v) is 10.6. The second kappa shape index (κ2) is 11.9. The van der Waals surface area contributed by atoms with Crippen LogP contribution in [0, 0.1) is 35.0 Å². The van der Waals surface area contributed by atoms with Crippen LogP contribution in [0.3, 0.4) is 0 Å². The van der Waals surface area contributed by atoms with E-state index in [1.807, 2.05) is 13.1 Å². The van der Waals surface area contributed by atoms with E-state index >= 15 is 0 Å². The molecule has 0 radical (unpaired) electrons. The summed E-state index contributed by atoms with van der Waals surface area (Å²) < 4.78 is 0. The quantitative estimate of drug-likeness (QED) is 0.199. The second-order valence-corrected chi connectivity index (χ2v) is 12.6. The van der Waals surface area contributed by atoms with Gasteiger partial charge in [0.1, 0.15) is 11.9 Å². The smallest absolute Gasteiger partial charge is 0.251 e. The van der Waals surface area contributed by atoms with E-state index in [4.69, 9.17) is 5.73 Å². The lowest BCUT2D eigenvalue weighted by Crippen LogP contribution is -2.52. The number of fused-ring (bicyclic) bond motifs is 3. The fourth-order valence-electron chi connectivity index (χ4n) is 8.43. The van der Waals surface area contributed by atoms with E-state index in [0.717, 1.165) is 62.9 Å². The van der Waals surface area contributed by atoms with Gasteiger partial charge in [-0.15, -0.1) is 0 Å². The Morgan fingerprint density at radius 1 is 1.17 bits per heavy atom. The number of rotatable bonds is 10. The molecule has 1 aromatic carbocycles. The number of nitrogens with two attached hydrogens (primary N) is 1. The molecular weight excluding hydrogens is 510 g/mol. The van der Waals surface area contributed by atoms with Crippen molar-refractivity contribution in [2.45, 2.75) is 68.9 Å². The van der Waals surface area contributed by atoms with Crippen LogP contribution >= 0.6 is 0 Å². The Kier molecular flexibility index (Phi) is 8.47. The fourth-order valence-corrected chi connectivity index (χ4v) is 8.43. The third kappa shape index (κ3) is 5.25. The minimum atomic E-state index is -0.433. The average Bonchev–Trinajstić information content (AvgIpc) is 3.70. The largest absolute Gasteiger partial charge is 0.392 e. The molecular formula is C33H47N7O. The minimum absolute atomic E-state index is 0.0474. The molecule has 8 heteroatoms. The summed E-state index contributed by atoms with van der Waals surface area (Å²) in [5.74, 6) is 2.53. The van der Waals surface area contributed by atoms with E-state index in [0.29, 0.717) is 47.7 Å². The summed E-state index contributed by atoms with van der Waals surface area (Å²) in [6.45, 7) is 10.1. The zero-order valence-corrected chi connectivity index (χ0v) is 25.0. The Morgan fingerprint density at radius 2 is 1.98 bits per heavy atom. The van der Waals surface area contributed by atoms with Crippen LogP contribution in [0.15, 0.2) is 47.7 Å². The Balaban J connectivity index is 1.43. The molecule has 3 aliphatic carbocycles. The number of hydrogen-bond donors (Lipinski definition) is 4. The number of carbonyl (C=O) groups excluding carboxylic acids is 1. The predicted molar refractivity (Wildman–Crippen MR) is 164 cm³/mol. The van der Waals surface area contributed by atoms with Gasteiger partial charge in [0, 0.05) is 50.7 Å². The fraction of sp³-hybridized carbons (Fsp3) is 0.606.